The zero-order valence-corrected chi connectivity index (χ0v) is 15.3. The van der Waals surface area contributed by atoms with Crippen molar-refractivity contribution in [2.45, 2.75) is 13.5 Å². The van der Waals surface area contributed by atoms with Crippen LogP contribution in [-0.4, -0.2) is 20.3 Å². The molecule has 6 heteroatoms. The van der Waals surface area contributed by atoms with Crippen LogP contribution in [0, 0.1) is 12.7 Å². The van der Waals surface area contributed by atoms with Gasteiger partial charge in [0.25, 0.3) is 5.91 Å². The van der Waals surface area contributed by atoms with Gasteiger partial charge in [0.1, 0.15) is 11.4 Å². The van der Waals surface area contributed by atoms with Gasteiger partial charge in [-0.3, -0.25) is 4.79 Å². The van der Waals surface area contributed by atoms with E-state index in [1.165, 1.54) is 12.1 Å². The molecule has 0 aliphatic heterocycles. The lowest BCUT2D eigenvalue weighted by atomic mass is 10.2. The van der Waals surface area contributed by atoms with Gasteiger partial charge in [-0.25, -0.2) is 9.07 Å². The number of halogens is 1. The smallest absolute Gasteiger partial charge is 0.256 e. The van der Waals surface area contributed by atoms with Crippen molar-refractivity contribution >= 4 is 5.91 Å². The molecule has 0 atom stereocenters. The SMILES string of the molecule is Cc1cccc(-n2ncc(C(=O)NCc3ccc(F)cc3)c2-n2cccc2)c1. The molecule has 4 rings (SSSR count). The number of carbonyl (C=O) groups is 1. The molecule has 1 N–H and O–H groups in total. The first-order valence-corrected chi connectivity index (χ1v) is 8.93. The second-order valence-corrected chi connectivity index (χ2v) is 6.53. The van der Waals surface area contributed by atoms with Crippen LogP contribution >= 0.6 is 0 Å². The Balaban J connectivity index is 1.67. The molecular formula is C22H19FN4O. The molecule has 0 aliphatic rings. The zero-order chi connectivity index (χ0) is 19.5. The molecule has 5 nitrogen and oxygen atoms in total. The van der Waals surface area contributed by atoms with Gasteiger partial charge in [-0.05, 0) is 54.4 Å². The van der Waals surface area contributed by atoms with Crippen molar-refractivity contribution in [1.82, 2.24) is 19.7 Å². The highest BCUT2D eigenvalue weighted by Crippen LogP contribution is 2.20. The quantitative estimate of drug-likeness (QED) is 0.573. The molecular weight excluding hydrogens is 355 g/mol. The monoisotopic (exact) mass is 374 g/mol. The van der Waals surface area contributed by atoms with E-state index >= 15 is 0 Å². The van der Waals surface area contributed by atoms with Crippen molar-refractivity contribution in [2.75, 3.05) is 0 Å². The van der Waals surface area contributed by atoms with Gasteiger partial charge < -0.3 is 9.88 Å². The summed E-state index contributed by atoms with van der Waals surface area (Å²) in [4.78, 5) is 12.9. The molecule has 0 bridgehead atoms. The Labute approximate surface area is 162 Å². The molecule has 2 aromatic carbocycles. The largest absolute Gasteiger partial charge is 0.348 e. The number of hydrogen-bond acceptors (Lipinski definition) is 2. The van der Waals surface area contributed by atoms with Crippen molar-refractivity contribution in [3.8, 4) is 11.5 Å². The summed E-state index contributed by atoms with van der Waals surface area (Å²) in [5.74, 6) is 0.114. The van der Waals surface area contributed by atoms with Crippen LogP contribution < -0.4 is 5.32 Å². The van der Waals surface area contributed by atoms with Gasteiger partial charge in [0.2, 0.25) is 0 Å². The van der Waals surface area contributed by atoms with Crippen molar-refractivity contribution in [1.29, 1.82) is 0 Å². The molecule has 2 aromatic heterocycles. The number of nitrogens with zero attached hydrogens (tertiary/aromatic N) is 3. The van der Waals surface area contributed by atoms with Crippen LogP contribution in [0.15, 0.2) is 79.3 Å². The number of benzene rings is 2. The van der Waals surface area contributed by atoms with Gasteiger partial charge in [-0.1, -0.05) is 24.3 Å². The third kappa shape index (κ3) is 3.57. The van der Waals surface area contributed by atoms with E-state index in [-0.39, 0.29) is 11.7 Å². The first-order chi connectivity index (χ1) is 13.6. The number of aryl methyl sites for hydroxylation is 1. The van der Waals surface area contributed by atoms with Crippen molar-refractivity contribution in [3.05, 3.63) is 102 Å². The molecule has 0 saturated heterocycles. The van der Waals surface area contributed by atoms with E-state index in [2.05, 4.69) is 10.4 Å². The zero-order valence-electron chi connectivity index (χ0n) is 15.3. The number of rotatable bonds is 5. The fourth-order valence-corrected chi connectivity index (χ4v) is 3.05. The fraction of sp³-hybridized carbons (Fsp3) is 0.0909. The number of hydrogen-bond donors (Lipinski definition) is 1. The lowest BCUT2D eigenvalue weighted by Crippen LogP contribution is -2.24. The van der Waals surface area contributed by atoms with E-state index in [1.54, 1.807) is 23.0 Å². The number of amides is 1. The van der Waals surface area contributed by atoms with Crippen LogP contribution in [0.3, 0.4) is 0 Å². The number of aromatic nitrogens is 3. The molecule has 28 heavy (non-hydrogen) atoms. The first-order valence-electron chi connectivity index (χ1n) is 8.93. The van der Waals surface area contributed by atoms with E-state index in [4.69, 9.17) is 0 Å². The topological polar surface area (TPSA) is 51.9 Å². The Morgan fingerprint density at radius 2 is 1.82 bits per heavy atom. The summed E-state index contributed by atoms with van der Waals surface area (Å²) in [5.41, 5.74) is 3.26. The van der Waals surface area contributed by atoms with Crippen molar-refractivity contribution < 1.29 is 9.18 Å². The third-order valence-electron chi connectivity index (χ3n) is 4.45. The maximum absolute atomic E-state index is 13.1. The van der Waals surface area contributed by atoms with Gasteiger partial charge >= 0.3 is 0 Å². The third-order valence-corrected chi connectivity index (χ3v) is 4.45. The van der Waals surface area contributed by atoms with Crippen LogP contribution in [0.25, 0.3) is 11.5 Å². The molecule has 0 fully saturated rings. The summed E-state index contributed by atoms with van der Waals surface area (Å²) >= 11 is 0. The van der Waals surface area contributed by atoms with E-state index in [1.807, 2.05) is 60.3 Å². The summed E-state index contributed by atoms with van der Waals surface area (Å²) in [6, 6.07) is 17.8. The average Bonchev–Trinajstić information content (AvgIpc) is 3.36. The Kier molecular flexibility index (Phi) is 4.76. The molecule has 0 radical (unpaired) electrons. The molecule has 0 unspecified atom stereocenters. The van der Waals surface area contributed by atoms with E-state index in [0.29, 0.717) is 17.9 Å². The highest BCUT2D eigenvalue weighted by Gasteiger charge is 2.19. The summed E-state index contributed by atoms with van der Waals surface area (Å²) < 4.78 is 16.7. The fourth-order valence-electron chi connectivity index (χ4n) is 3.05. The molecule has 2 heterocycles. The molecule has 0 spiro atoms. The first kappa shape index (κ1) is 17.7. The van der Waals surface area contributed by atoms with Gasteiger partial charge in [-0.2, -0.15) is 5.10 Å². The maximum atomic E-state index is 13.1. The molecule has 1 amide bonds. The lowest BCUT2D eigenvalue weighted by Gasteiger charge is -2.12. The Morgan fingerprint density at radius 1 is 1.07 bits per heavy atom. The van der Waals surface area contributed by atoms with Gasteiger partial charge in [0.05, 0.1) is 11.9 Å². The van der Waals surface area contributed by atoms with Crippen LogP contribution in [0.2, 0.25) is 0 Å². The minimum atomic E-state index is -0.301. The second kappa shape index (κ2) is 7.52. The maximum Gasteiger partial charge on any atom is 0.256 e. The summed E-state index contributed by atoms with van der Waals surface area (Å²) in [6.07, 6.45) is 5.32. The average molecular weight is 374 g/mol. The Morgan fingerprint density at radius 3 is 2.54 bits per heavy atom. The van der Waals surface area contributed by atoms with Crippen LogP contribution in [0.4, 0.5) is 4.39 Å². The minimum Gasteiger partial charge on any atom is -0.348 e. The van der Waals surface area contributed by atoms with E-state index < -0.39 is 0 Å². The molecule has 4 aromatic rings. The second-order valence-electron chi connectivity index (χ2n) is 6.53. The van der Waals surface area contributed by atoms with Crippen LogP contribution in [0.5, 0.6) is 0 Å². The van der Waals surface area contributed by atoms with Gasteiger partial charge in [0, 0.05) is 18.9 Å². The van der Waals surface area contributed by atoms with Crippen molar-refractivity contribution in [3.63, 3.8) is 0 Å². The summed E-state index contributed by atoms with van der Waals surface area (Å²) in [5, 5.41) is 7.34. The Bertz CT molecular complexity index is 1100. The molecule has 140 valence electrons. The normalized spacial score (nSPS) is 10.8. The minimum absolute atomic E-state index is 0.244. The highest BCUT2D eigenvalue weighted by atomic mass is 19.1. The number of nitrogens with one attached hydrogen (secondary N) is 1. The lowest BCUT2D eigenvalue weighted by molar-refractivity contribution is 0.0951. The van der Waals surface area contributed by atoms with Gasteiger partial charge in [-0.15, -0.1) is 0 Å². The van der Waals surface area contributed by atoms with E-state index in [9.17, 15) is 9.18 Å². The molecule has 0 saturated carbocycles. The number of carbonyl (C=O) groups excluding carboxylic acids is 1. The highest BCUT2D eigenvalue weighted by molar-refractivity contribution is 5.97. The summed E-state index contributed by atoms with van der Waals surface area (Å²) in [7, 11) is 0. The summed E-state index contributed by atoms with van der Waals surface area (Å²) in [6.45, 7) is 2.32. The predicted octanol–water partition coefficient (Wildman–Crippen LogP) is 4.04. The molecule has 0 aliphatic carbocycles. The van der Waals surface area contributed by atoms with Crippen molar-refractivity contribution in [2.24, 2.45) is 0 Å². The van der Waals surface area contributed by atoms with E-state index in [0.717, 1.165) is 16.8 Å². The van der Waals surface area contributed by atoms with Gasteiger partial charge in [0.15, 0.2) is 5.82 Å². The van der Waals surface area contributed by atoms with Crippen LogP contribution in [0.1, 0.15) is 21.5 Å². The Hall–Kier alpha value is -3.67. The standard InChI is InChI=1S/C22H19FN4O/c1-16-5-4-6-19(13-16)27-22(26-11-2-3-12-26)20(15-25-27)21(28)24-14-17-7-9-18(23)10-8-17/h2-13,15H,14H2,1H3,(H,24,28). The van der Waals surface area contributed by atoms with Crippen LogP contribution in [-0.2, 0) is 6.54 Å². The predicted molar refractivity (Wildman–Crippen MR) is 105 cm³/mol.